The first kappa shape index (κ1) is 29.8. The van der Waals surface area contributed by atoms with E-state index >= 15 is 0 Å². The molecular weight excluding hydrogens is 582 g/mol. The number of methoxy groups -OCH3 is 1. The molecule has 0 spiro atoms. The average Bonchev–Trinajstić information content (AvgIpc) is 2.93. The number of nitrogens with one attached hydrogen (secondary N) is 1. The van der Waals surface area contributed by atoms with Crippen molar-refractivity contribution in [2.75, 3.05) is 13.7 Å². The van der Waals surface area contributed by atoms with Gasteiger partial charge in [0.15, 0.2) is 0 Å². The molecule has 0 aliphatic heterocycles. The Morgan fingerprint density at radius 1 is 0.738 bits per heavy atom. The van der Waals surface area contributed by atoms with E-state index in [1.807, 2.05) is 0 Å². The molecule has 0 saturated heterocycles. The van der Waals surface area contributed by atoms with E-state index in [9.17, 15) is 4.79 Å². The molecule has 1 atom stereocenters. The summed E-state index contributed by atoms with van der Waals surface area (Å²) >= 11 is 3.68. The van der Waals surface area contributed by atoms with Crippen LogP contribution in [0.4, 0.5) is 4.79 Å². The van der Waals surface area contributed by atoms with Crippen LogP contribution in [-0.4, -0.2) is 19.7 Å². The van der Waals surface area contributed by atoms with Crippen molar-refractivity contribution in [3.63, 3.8) is 0 Å². The van der Waals surface area contributed by atoms with Crippen LogP contribution >= 0.6 is 15.9 Å². The SMILES string of the molecule is COC(=O)NCC(c1c(C)cc(Br)cc1C)c1c2ccccc2c(-c2c(C)cc(C(C)(C)C)cc2C)c2ccccc12. The largest absolute Gasteiger partial charge is 0.453 e. The number of carbonyl (C=O) groups excluding carboxylic acids is 1. The van der Waals surface area contributed by atoms with Crippen LogP contribution in [0.1, 0.15) is 65.6 Å². The predicted molar refractivity (Wildman–Crippen MR) is 181 cm³/mol. The second kappa shape index (κ2) is 11.6. The number of fused-ring (bicyclic) bond motifs is 2. The van der Waals surface area contributed by atoms with Gasteiger partial charge in [0.1, 0.15) is 0 Å². The lowest BCUT2D eigenvalue weighted by Gasteiger charge is -2.28. The smallest absolute Gasteiger partial charge is 0.406 e. The zero-order valence-corrected chi connectivity index (χ0v) is 27.5. The summed E-state index contributed by atoms with van der Waals surface area (Å²) in [4.78, 5) is 12.4. The lowest BCUT2D eigenvalue weighted by atomic mass is 9.77. The van der Waals surface area contributed by atoms with Crippen LogP contribution < -0.4 is 5.32 Å². The number of ether oxygens (including phenoxy) is 1. The second-order valence-corrected chi connectivity index (χ2v) is 13.4. The van der Waals surface area contributed by atoms with Crippen molar-refractivity contribution in [1.29, 1.82) is 0 Å². The molecule has 5 aromatic rings. The average molecular weight is 623 g/mol. The second-order valence-electron chi connectivity index (χ2n) is 12.5. The number of carbonyl (C=O) groups is 1. The Morgan fingerprint density at radius 3 is 1.67 bits per heavy atom. The molecule has 1 unspecified atom stereocenters. The first-order valence-electron chi connectivity index (χ1n) is 14.6. The summed E-state index contributed by atoms with van der Waals surface area (Å²) in [5, 5.41) is 7.87. The van der Waals surface area contributed by atoms with E-state index in [2.05, 4.69) is 143 Å². The standard InChI is InChI=1S/C38H40BrNO2/c1-22-17-26(38(5,6)7)18-23(2)34(22)36-30-15-11-9-13-28(30)35(29-14-10-12-16-31(29)36)32(21-40-37(41)42-8)33-24(3)19-27(39)20-25(33)4/h9-20,32H,21H2,1-8H3,(H,40,41). The van der Waals surface area contributed by atoms with Crippen molar-refractivity contribution in [2.24, 2.45) is 0 Å². The van der Waals surface area contributed by atoms with Crippen molar-refractivity contribution < 1.29 is 9.53 Å². The zero-order chi connectivity index (χ0) is 30.3. The molecule has 3 nitrogen and oxygen atoms in total. The third-order valence-corrected chi connectivity index (χ3v) is 8.97. The molecule has 4 heteroatoms. The topological polar surface area (TPSA) is 38.3 Å². The molecule has 0 radical (unpaired) electrons. The van der Waals surface area contributed by atoms with E-state index in [1.54, 1.807) is 0 Å². The minimum absolute atomic E-state index is 0.0717. The van der Waals surface area contributed by atoms with E-state index in [-0.39, 0.29) is 11.3 Å². The van der Waals surface area contributed by atoms with Crippen LogP contribution in [0.3, 0.4) is 0 Å². The van der Waals surface area contributed by atoms with Gasteiger partial charge in [-0.05, 0) is 117 Å². The van der Waals surface area contributed by atoms with Crippen LogP contribution in [-0.2, 0) is 10.2 Å². The Bertz CT molecular complexity index is 1730. The summed E-state index contributed by atoms with van der Waals surface area (Å²) in [5.41, 5.74) is 11.4. The highest BCUT2D eigenvalue weighted by atomic mass is 79.9. The van der Waals surface area contributed by atoms with Gasteiger partial charge < -0.3 is 10.1 Å². The molecule has 1 amide bonds. The lowest BCUT2D eigenvalue weighted by molar-refractivity contribution is 0.170. The molecule has 5 aromatic carbocycles. The van der Waals surface area contributed by atoms with E-state index in [4.69, 9.17) is 4.74 Å². The quantitative estimate of drug-likeness (QED) is 0.198. The number of rotatable bonds is 5. The van der Waals surface area contributed by atoms with Crippen LogP contribution in [0.5, 0.6) is 0 Å². The zero-order valence-electron chi connectivity index (χ0n) is 25.9. The summed E-state index contributed by atoms with van der Waals surface area (Å²) in [7, 11) is 1.41. The number of halogens is 1. The Morgan fingerprint density at radius 2 is 1.21 bits per heavy atom. The molecule has 5 rings (SSSR count). The molecule has 216 valence electrons. The predicted octanol–water partition coefficient (Wildman–Crippen LogP) is 10.4. The van der Waals surface area contributed by atoms with Crippen molar-refractivity contribution in [3.05, 3.63) is 116 Å². The fraction of sp³-hybridized carbons (Fsp3) is 0.289. The van der Waals surface area contributed by atoms with Crippen molar-refractivity contribution >= 4 is 43.6 Å². The van der Waals surface area contributed by atoms with Crippen LogP contribution in [0, 0.1) is 27.7 Å². The normalized spacial score (nSPS) is 12.5. The summed E-state index contributed by atoms with van der Waals surface area (Å²) in [6, 6.07) is 26.5. The van der Waals surface area contributed by atoms with E-state index in [1.165, 1.54) is 78.7 Å². The van der Waals surface area contributed by atoms with Crippen molar-refractivity contribution in [2.45, 2.75) is 59.8 Å². The van der Waals surface area contributed by atoms with Crippen molar-refractivity contribution in [3.8, 4) is 11.1 Å². The summed E-state index contributed by atoms with van der Waals surface area (Å²) in [6.45, 7) is 16.0. The van der Waals surface area contributed by atoms with Crippen LogP contribution in [0.15, 0.2) is 77.3 Å². The third kappa shape index (κ3) is 5.45. The first-order chi connectivity index (χ1) is 19.9. The number of amides is 1. The Labute approximate surface area is 258 Å². The van der Waals surface area contributed by atoms with Gasteiger partial charge in [0.05, 0.1) is 7.11 Å². The highest BCUT2D eigenvalue weighted by Gasteiger charge is 2.27. The van der Waals surface area contributed by atoms with Gasteiger partial charge in [-0.3, -0.25) is 0 Å². The van der Waals surface area contributed by atoms with Crippen LogP contribution in [0.25, 0.3) is 32.7 Å². The molecule has 0 heterocycles. The Hall–Kier alpha value is -3.63. The number of aryl methyl sites for hydroxylation is 4. The van der Waals surface area contributed by atoms with Crippen LogP contribution in [0.2, 0.25) is 0 Å². The Balaban J connectivity index is 1.90. The fourth-order valence-corrected chi connectivity index (χ4v) is 7.36. The summed E-state index contributed by atoms with van der Waals surface area (Å²) in [5.74, 6) is -0.0912. The molecule has 0 aromatic heterocycles. The summed E-state index contributed by atoms with van der Waals surface area (Å²) in [6.07, 6.45) is -0.428. The highest BCUT2D eigenvalue weighted by Crippen LogP contribution is 2.46. The minimum atomic E-state index is -0.428. The maximum atomic E-state index is 12.4. The van der Waals surface area contributed by atoms with Gasteiger partial charge in [0.25, 0.3) is 0 Å². The first-order valence-corrected chi connectivity index (χ1v) is 15.4. The maximum Gasteiger partial charge on any atom is 0.406 e. The molecule has 0 saturated carbocycles. The number of alkyl carbamates (subject to hydrolysis) is 1. The monoisotopic (exact) mass is 621 g/mol. The maximum absolute atomic E-state index is 12.4. The lowest BCUT2D eigenvalue weighted by Crippen LogP contribution is -2.29. The van der Waals surface area contributed by atoms with Gasteiger partial charge in [-0.1, -0.05) is 97.4 Å². The molecule has 0 fully saturated rings. The molecule has 0 aliphatic rings. The molecule has 0 bridgehead atoms. The van der Waals surface area contributed by atoms with E-state index < -0.39 is 6.09 Å². The van der Waals surface area contributed by atoms with Gasteiger partial charge in [-0.15, -0.1) is 0 Å². The minimum Gasteiger partial charge on any atom is -0.453 e. The molecule has 42 heavy (non-hydrogen) atoms. The molecule has 0 aliphatic carbocycles. The molecular formula is C38H40BrNO2. The fourth-order valence-electron chi connectivity index (χ4n) is 6.68. The van der Waals surface area contributed by atoms with Crippen molar-refractivity contribution in [1.82, 2.24) is 5.32 Å². The van der Waals surface area contributed by atoms with Gasteiger partial charge in [-0.25, -0.2) is 4.79 Å². The number of hydrogen-bond acceptors (Lipinski definition) is 2. The van der Waals surface area contributed by atoms with E-state index in [0.717, 1.165) is 4.47 Å². The Kier molecular flexibility index (Phi) is 8.22. The number of benzene rings is 5. The number of hydrogen-bond donors (Lipinski definition) is 1. The van der Waals surface area contributed by atoms with Gasteiger partial charge in [0, 0.05) is 16.9 Å². The van der Waals surface area contributed by atoms with Gasteiger partial charge in [0.2, 0.25) is 0 Å². The molecule has 1 N–H and O–H groups in total. The third-order valence-electron chi connectivity index (χ3n) is 8.51. The highest BCUT2D eigenvalue weighted by molar-refractivity contribution is 9.10. The summed E-state index contributed by atoms with van der Waals surface area (Å²) < 4.78 is 6.06. The van der Waals surface area contributed by atoms with Gasteiger partial charge in [-0.2, -0.15) is 0 Å². The van der Waals surface area contributed by atoms with E-state index in [0.29, 0.717) is 6.54 Å². The van der Waals surface area contributed by atoms with Gasteiger partial charge >= 0.3 is 6.09 Å².